The van der Waals surface area contributed by atoms with Gasteiger partial charge in [0.25, 0.3) is 0 Å². The molecule has 7 nitrogen and oxygen atoms in total. The Morgan fingerprint density at radius 2 is 1.88 bits per heavy atom. The molecular formula is C22H24F3N3O4. The Morgan fingerprint density at radius 1 is 1.09 bits per heavy atom. The van der Waals surface area contributed by atoms with Crippen molar-refractivity contribution in [1.29, 1.82) is 0 Å². The van der Waals surface area contributed by atoms with Gasteiger partial charge in [0.2, 0.25) is 0 Å². The highest BCUT2D eigenvalue weighted by Gasteiger charge is 2.31. The molecule has 2 amide bonds. The molecule has 10 heteroatoms. The molecule has 4 rings (SSSR count). The van der Waals surface area contributed by atoms with Crippen molar-refractivity contribution in [3.8, 4) is 11.5 Å². The molecule has 0 radical (unpaired) electrons. The second-order valence-electron chi connectivity index (χ2n) is 7.72. The van der Waals surface area contributed by atoms with E-state index < -0.39 is 18.6 Å². The molecule has 2 unspecified atom stereocenters. The number of amides is 2. The topological polar surface area (TPSA) is 80.9 Å². The summed E-state index contributed by atoms with van der Waals surface area (Å²) in [6.07, 6.45) is -3.58. The first-order valence-corrected chi connectivity index (χ1v) is 10.4. The van der Waals surface area contributed by atoms with Crippen LogP contribution in [0, 0.1) is 0 Å². The van der Waals surface area contributed by atoms with E-state index in [0.717, 1.165) is 37.1 Å². The van der Waals surface area contributed by atoms with Crippen molar-refractivity contribution in [3.05, 3.63) is 54.1 Å². The van der Waals surface area contributed by atoms with E-state index in [1.54, 1.807) is 0 Å². The van der Waals surface area contributed by atoms with Crippen LogP contribution in [-0.2, 0) is 4.74 Å². The van der Waals surface area contributed by atoms with Crippen LogP contribution in [-0.4, -0.2) is 44.4 Å². The molecule has 2 heterocycles. The third-order valence-corrected chi connectivity index (χ3v) is 5.30. The second-order valence-corrected chi connectivity index (χ2v) is 7.72. The van der Waals surface area contributed by atoms with Crippen molar-refractivity contribution in [2.45, 2.75) is 37.4 Å². The van der Waals surface area contributed by atoms with Gasteiger partial charge in [-0.25, -0.2) is 4.79 Å². The Hall–Kier alpha value is -2.98. The molecule has 0 saturated carbocycles. The number of piperidine rings is 1. The van der Waals surface area contributed by atoms with Crippen molar-refractivity contribution >= 4 is 11.7 Å². The minimum Gasteiger partial charge on any atom is -0.473 e. The predicted octanol–water partition coefficient (Wildman–Crippen LogP) is 3.98. The summed E-state index contributed by atoms with van der Waals surface area (Å²) in [7, 11) is 0. The van der Waals surface area contributed by atoms with Crippen LogP contribution in [0.5, 0.6) is 11.5 Å². The number of halogens is 3. The Balaban J connectivity index is 1.33. The maximum atomic E-state index is 12.5. The number of anilines is 1. The van der Waals surface area contributed by atoms with Gasteiger partial charge in [0.15, 0.2) is 6.23 Å². The third kappa shape index (κ3) is 6.04. The second kappa shape index (κ2) is 9.66. The molecular weight excluding hydrogens is 427 g/mol. The fourth-order valence-electron chi connectivity index (χ4n) is 3.62. The number of carbonyl (C=O) groups excluding carboxylic acids is 1. The average molecular weight is 451 g/mol. The molecule has 2 saturated heterocycles. The first-order chi connectivity index (χ1) is 15.4. The van der Waals surface area contributed by atoms with Crippen molar-refractivity contribution in [2.24, 2.45) is 0 Å². The average Bonchev–Trinajstić information content (AvgIpc) is 2.69. The highest BCUT2D eigenvalue weighted by Crippen LogP contribution is 2.28. The standard InChI is InChI=1S/C22H24F3N3O4/c23-22(24,25)32-17-8-6-16(7-9-17)27-21(29)28-19-5-2-10-26-20(19)31-18-4-1-3-14(11-18)15-12-30-13-15/h1,3-4,6-9,11,15,19-20,26H,2,5,10,12-13H2,(H2,27,28,29). The normalized spacial score (nSPS) is 21.3. The van der Waals surface area contributed by atoms with Crippen LogP contribution in [0.1, 0.15) is 24.3 Å². The summed E-state index contributed by atoms with van der Waals surface area (Å²) >= 11 is 0. The summed E-state index contributed by atoms with van der Waals surface area (Å²) in [5, 5.41) is 8.78. The van der Waals surface area contributed by atoms with E-state index in [0.29, 0.717) is 30.6 Å². The summed E-state index contributed by atoms with van der Waals surface area (Å²) in [5.74, 6) is 0.732. The van der Waals surface area contributed by atoms with Gasteiger partial charge in [0.05, 0.1) is 19.3 Å². The van der Waals surface area contributed by atoms with Gasteiger partial charge in [0.1, 0.15) is 11.5 Å². The van der Waals surface area contributed by atoms with Gasteiger partial charge in [-0.2, -0.15) is 0 Å². The maximum absolute atomic E-state index is 12.5. The molecule has 2 fully saturated rings. The molecule has 172 valence electrons. The van der Waals surface area contributed by atoms with E-state index in [-0.39, 0.29) is 11.8 Å². The fraction of sp³-hybridized carbons (Fsp3) is 0.409. The zero-order valence-electron chi connectivity index (χ0n) is 17.2. The van der Waals surface area contributed by atoms with Gasteiger partial charge in [-0.1, -0.05) is 12.1 Å². The molecule has 32 heavy (non-hydrogen) atoms. The maximum Gasteiger partial charge on any atom is 0.573 e. The number of rotatable bonds is 6. The monoisotopic (exact) mass is 451 g/mol. The van der Waals surface area contributed by atoms with E-state index >= 15 is 0 Å². The molecule has 0 bridgehead atoms. The van der Waals surface area contributed by atoms with E-state index in [9.17, 15) is 18.0 Å². The molecule has 0 aliphatic carbocycles. The van der Waals surface area contributed by atoms with E-state index in [1.807, 2.05) is 24.3 Å². The van der Waals surface area contributed by atoms with Crippen LogP contribution < -0.4 is 25.4 Å². The number of nitrogens with one attached hydrogen (secondary N) is 3. The molecule has 0 aromatic heterocycles. The van der Waals surface area contributed by atoms with E-state index in [4.69, 9.17) is 9.47 Å². The Morgan fingerprint density at radius 3 is 2.56 bits per heavy atom. The molecule has 2 aliphatic rings. The molecule has 3 N–H and O–H groups in total. The lowest BCUT2D eigenvalue weighted by Crippen LogP contribution is -2.56. The van der Waals surface area contributed by atoms with Gasteiger partial charge in [0, 0.05) is 11.6 Å². The lowest BCUT2D eigenvalue weighted by atomic mass is 9.97. The highest BCUT2D eigenvalue weighted by molar-refractivity contribution is 5.89. The van der Waals surface area contributed by atoms with Crippen LogP contribution in [0.2, 0.25) is 0 Å². The molecule has 0 spiro atoms. The molecule has 2 aromatic rings. The molecule has 2 aromatic carbocycles. The number of alkyl halides is 3. The Bertz CT molecular complexity index is 919. The van der Waals surface area contributed by atoms with Crippen molar-refractivity contribution in [2.75, 3.05) is 25.1 Å². The van der Waals surface area contributed by atoms with Crippen molar-refractivity contribution < 1.29 is 32.2 Å². The van der Waals surface area contributed by atoms with Gasteiger partial charge >= 0.3 is 12.4 Å². The van der Waals surface area contributed by atoms with Crippen LogP contribution in [0.15, 0.2) is 48.5 Å². The summed E-state index contributed by atoms with van der Waals surface area (Å²) in [6, 6.07) is 12.0. The lowest BCUT2D eigenvalue weighted by Gasteiger charge is -2.33. The van der Waals surface area contributed by atoms with Crippen LogP contribution >= 0.6 is 0 Å². The number of carbonyl (C=O) groups is 1. The fourth-order valence-corrected chi connectivity index (χ4v) is 3.62. The minimum absolute atomic E-state index is 0.285. The number of urea groups is 1. The van der Waals surface area contributed by atoms with Crippen LogP contribution in [0.3, 0.4) is 0 Å². The van der Waals surface area contributed by atoms with E-state index in [1.165, 1.54) is 12.1 Å². The first-order valence-electron chi connectivity index (χ1n) is 10.4. The molecule has 2 atom stereocenters. The van der Waals surface area contributed by atoms with Crippen molar-refractivity contribution in [3.63, 3.8) is 0 Å². The SMILES string of the molecule is O=C(Nc1ccc(OC(F)(F)F)cc1)NC1CCCNC1Oc1cccc(C2COC2)c1. The Kier molecular flexibility index (Phi) is 6.71. The highest BCUT2D eigenvalue weighted by atomic mass is 19.4. The largest absolute Gasteiger partial charge is 0.573 e. The smallest absolute Gasteiger partial charge is 0.473 e. The summed E-state index contributed by atoms with van der Waals surface area (Å²) in [4.78, 5) is 12.5. The minimum atomic E-state index is -4.76. The number of ether oxygens (including phenoxy) is 3. The first kappa shape index (κ1) is 22.2. The van der Waals surface area contributed by atoms with Crippen LogP contribution in [0.4, 0.5) is 23.7 Å². The lowest BCUT2D eigenvalue weighted by molar-refractivity contribution is -0.274. The summed E-state index contributed by atoms with van der Waals surface area (Å²) < 4.78 is 52.0. The van der Waals surface area contributed by atoms with Gasteiger partial charge < -0.3 is 24.8 Å². The van der Waals surface area contributed by atoms with Gasteiger partial charge in [-0.05, 0) is 61.3 Å². The number of hydrogen-bond donors (Lipinski definition) is 3. The zero-order chi connectivity index (χ0) is 22.6. The van der Waals surface area contributed by atoms with Gasteiger partial charge in [-0.15, -0.1) is 13.2 Å². The zero-order valence-corrected chi connectivity index (χ0v) is 17.2. The summed E-state index contributed by atoms with van der Waals surface area (Å²) in [5.41, 5.74) is 1.50. The Labute approximate surface area is 183 Å². The number of hydrogen-bond acceptors (Lipinski definition) is 5. The van der Waals surface area contributed by atoms with Crippen LogP contribution in [0.25, 0.3) is 0 Å². The van der Waals surface area contributed by atoms with Gasteiger partial charge in [-0.3, -0.25) is 5.32 Å². The predicted molar refractivity (Wildman–Crippen MR) is 111 cm³/mol. The third-order valence-electron chi connectivity index (χ3n) is 5.30. The number of benzene rings is 2. The summed E-state index contributed by atoms with van der Waals surface area (Å²) in [6.45, 7) is 2.18. The quantitative estimate of drug-likeness (QED) is 0.619. The van der Waals surface area contributed by atoms with Crippen molar-refractivity contribution in [1.82, 2.24) is 10.6 Å². The van der Waals surface area contributed by atoms with E-state index in [2.05, 4.69) is 20.7 Å². The molecule has 2 aliphatic heterocycles.